The lowest BCUT2D eigenvalue weighted by atomic mass is 9.93. The fourth-order valence-electron chi connectivity index (χ4n) is 2.04. The molecule has 0 aliphatic heterocycles. The van der Waals surface area contributed by atoms with Gasteiger partial charge in [0.05, 0.1) is 6.61 Å². The summed E-state index contributed by atoms with van der Waals surface area (Å²) >= 11 is 6.04. The first-order valence-electron chi connectivity index (χ1n) is 6.40. The summed E-state index contributed by atoms with van der Waals surface area (Å²) in [6.45, 7) is 2.02. The zero-order valence-corrected chi connectivity index (χ0v) is 12.1. The number of halogens is 1. The third-order valence-electron chi connectivity index (χ3n) is 3.01. The van der Waals surface area contributed by atoms with Gasteiger partial charge in [0.15, 0.2) is 0 Å². The van der Waals surface area contributed by atoms with Crippen molar-refractivity contribution in [1.29, 1.82) is 0 Å². The number of hydrogen-bond donors (Lipinski definition) is 0. The Kier molecular flexibility index (Phi) is 4.70. The standard InChI is InChI=1S/C14H13ClN2O4/c1-2-21-14(18)11-5-4-10(15)7-12(11)9-3-6-13(16-8-9)17(19)20/h3,6-8H,2,4-5H2,1H3. The maximum Gasteiger partial charge on any atom is 0.363 e. The second-order valence-corrected chi connectivity index (χ2v) is 4.85. The molecule has 0 radical (unpaired) electrons. The van der Waals surface area contributed by atoms with Crippen LogP contribution in [0.4, 0.5) is 5.82 Å². The van der Waals surface area contributed by atoms with Crippen LogP contribution in [0.5, 0.6) is 0 Å². The third-order valence-corrected chi connectivity index (χ3v) is 3.31. The molecule has 0 N–H and O–H groups in total. The van der Waals surface area contributed by atoms with Crippen molar-refractivity contribution in [3.05, 3.63) is 50.7 Å². The van der Waals surface area contributed by atoms with Gasteiger partial charge in [-0.2, -0.15) is 0 Å². The van der Waals surface area contributed by atoms with Gasteiger partial charge < -0.3 is 14.9 Å². The Labute approximate surface area is 126 Å². The molecule has 0 aromatic carbocycles. The molecule has 0 unspecified atom stereocenters. The van der Waals surface area contributed by atoms with Gasteiger partial charge in [-0.3, -0.25) is 0 Å². The van der Waals surface area contributed by atoms with Gasteiger partial charge in [0, 0.05) is 22.2 Å². The molecule has 6 nitrogen and oxygen atoms in total. The number of pyridine rings is 1. The molecule has 0 saturated carbocycles. The minimum absolute atomic E-state index is 0.247. The molecule has 7 heteroatoms. The van der Waals surface area contributed by atoms with Gasteiger partial charge >= 0.3 is 11.8 Å². The molecule has 0 spiro atoms. The highest BCUT2D eigenvalue weighted by Crippen LogP contribution is 2.33. The number of allylic oxidation sites excluding steroid dienone is 3. The first-order chi connectivity index (χ1) is 10.0. The zero-order valence-electron chi connectivity index (χ0n) is 11.3. The largest absolute Gasteiger partial charge is 0.463 e. The maximum absolute atomic E-state index is 12.0. The van der Waals surface area contributed by atoms with Crippen molar-refractivity contribution >= 4 is 29.0 Å². The van der Waals surface area contributed by atoms with Crippen molar-refractivity contribution in [2.24, 2.45) is 0 Å². The number of esters is 1. The number of carbonyl (C=O) groups excluding carboxylic acids is 1. The van der Waals surface area contributed by atoms with Crippen LogP contribution < -0.4 is 0 Å². The molecule has 0 saturated heterocycles. The predicted octanol–water partition coefficient (Wildman–Crippen LogP) is 3.22. The monoisotopic (exact) mass is 308 g/mol. The SMILES string of the molecule is CCOC(=O)C1=C(c2ccc([N+](=O)[O-])nc2)C=C(Cl)CC1. The second kappa shape index (κ2) is 6.49. The Morgan fingerprint density at radius 1 is 1.48 bits per heavy atom. The van der Waals surface area contributed by atoms with Crippen LogP contribution in [0.2, 0.25) is 0 Å². The van der Waals surface area contributed by atoms with E-state index in [0.29, 0.717) is 34.6 Å². The lowest BCUT2D eigenvalue weighted by Crippen LogP contribution is -2.12. The van der Waals surface area contributed by atoms with Crippen LogP contribution >= 0.6 is 11.6 Å². The van der Waals surface area contributed by atoms with E-state index in [4.69, 9.17) is 16.3 Å². The molecule has 1 aromatic rings. The highest BCUT2D eigenvalue weighted by Gasteiger charge is 2.22. The molecule has 1 aliphatic carbocycles. The zero-order chi connectivity index (χ0) is 15.4. The summed E-state index contributed by atoms with van der Waals surface area (Å²) in [5, 5.41) is 11.2. The van der Waals surface area contributed by atoms with Crippen molar-refractivity contribution in [3.8, 4) is 0 Å². The van der Waals surface area contributed by atoms with Gasteiger partial charge in [-0.25, -0.2) is 4.79 Å². The van der Waals surface area contributed by atoms with Crippen LogP contribution in [0, 0.1) is 10.1 Å². The van der Waals surface area contributed by atoms with Crippen molar-refractivity contribution in [2.45, 2.75) is 19.8 Å². The molecule has 0 fully saturated rings. The normalized spacial score (nSPS) is 14.7. The predicted molar refractivity (Wildman–Crippen MR) is 77.6 cm³/mol. The van der Waals surface area contributed by atoms with Crippen LogP contribution in [-0.4, -0.2) is 22.5 Å². The van der Waals surface area contributed by atoms with Gasteiger partial charge in [-0.15, -0.1) is 0 Å². The van der Waals surface area contributed by atoms with Gasteiger partial charge in [0.1, 0.15) is 6.20 Å². The van der Waals surface area contributed by atoms with E-state index in [9.17, 15) is 14.9 Å². The molecule has 0 amide bonds. The van der Waals surface area contributed by atoms with Crippen LogP contribution in [0.25, 0.3) is 5.57 Å². The highest BCUT2D eigenvalue weighted by molar-refractivity contribution is 6.30. The number of ether oxygens (including phenoxy) is 1. The van der Waals surface area contributed by atoms with E-state index in [1.165, 1.54) is 12.3 Å². The van der Waals surface area contributed by atoms with Gasteiger partial charge in [-0.1, -0.05) is 11.6 Å². The number of nitro groups is 1. The van der Waals surface area contributed by atoms with Gasteiger partial charge in [-0.05, 0) is 47.4 Å². The Hall–Kier alpha value is -2.21. The molecular formula is C14H13ClN2O4. The van der Waals surface area contributed by atoms with Gasteiger partial charge in [0.2, 0.25) is 0 Å². The topological polar surface area (TPSA) is 82.3 Å². The van der Waals surface area contributed by atoms with E-state index in [0.717, 1.165) is 0 Å². The molecule has 2 rings (SSSR count). The van der Waals surface area contributed by atoms with Gasteiger partial charge in [0.25, 0.3) is 0 Å². The summed E-state index contributed by atoms with van der Waals surface area (Å²) in [7, 11) is 0. The minimum atomic E-state index is -0.575. The van der Waals surface area contributed by atoms with Crippen LogP contribution in [0.3, 0.4) is 0 Å². The molecule has 1 aliphatic rings. The number of aromatic nitrogens is 1. The van der Waals surface area contributed by atoms with Crippen LogP contribution in [0.15, 0.2) is 35.0 Å². The Morgan fingerprint density at radius 3 is 2.81 bits per heavy atom. The third kappa shape index (κ3) is 3.46. The van der Waals surface area contributed by atoms with Crippen LogP contribution in [-0.2, 0) is 9.53 Å². The number of nitrogens with zero attached hydrogens (tertiary/aromatic N) is 2. The lowest BCUT2D eigenvalue weighted by Gasteiger charge is -2.16. The van der Waals surface area contributed by atoms with E-state index < -0.39 is 10.9 Å². The van der Waals surface area contributed by atoms with E-state index in [-0.39, 0.29) is 12.4 Å². The summed E-state index contributed by atoms with van der Waals surface area (Å²) in [5.41, 5.74) is 1.71. The van der Waals surface area contributed by atoms with E-state index in [1.807, 2.05) is 0 Å². The molecule has 0 bridgehead atoms. The second-order valence-electron chi connectivity index (χ2n) is 4.37. The fourth-order valence-corrected chi connectivity index (χ4v) is 2.24. The summed E-state index contributed by atoms with van der Waals surface area (Å²) in [5.74, 6) is -0.644. The van der Waals surface area contributed by atoms with Crippen molar-refractivity contribution in [3.63, 3.8) is 0 Å². The van der Waals surface area contributed by atoms with E-state index in [1.54, 1.807) is 19.1 Å². The lowest BCUT2D eigenvalue weighted by molar-refractivity contribution is -0.389. The maximum atomic E-state index is 12.0. The summed E-state index contributed by atoms with van der Waals surface area (Å²) in [6, 6.07) is 2.84. The Balaban J connectivity index is 2.44. The summed E-state index contributed by atoms with van der Waals surface area (Å²) < 4.78 is 5.03. The van der Waals surface area contributed by atoms with Crippen molar-refractivity contribution in [2.75, 3.05) is 6.61 Å². The molecule has 1 aromatic heterocycles. The number of hydrogen-bond acceptors (Lipinski definition) is 5. The van der Waals surface area contributed by atoms with Crippen molar-refractivity contribution in [1.82, 2.24) is 4.98 Å². The molecule has 1 heterocycles. The average molecular weight is 309 g/mol. The molecule has 110 valence electrons. The minimum Gasteiger partial charge on any atom is -0.463 e. The number of rotatable bonds is 4. The quantitative estimate of drug-likeness (QED) is 0.484. The summed E-state index contributed by atoms with van der Waals surface area (Å²) in [4.78, 5) is 25.8. The van der Waals surface area contributed by atoms with E-state index >= 15 is 0 Å². The first kappa shape index (κ1) is 15.2. The molecule has 21 heavy (non-hydrogen) atoms. The van der Waals surface area contributed by atoms with E-state index in [2.05, 4.69) is 4.98 Å². The number of carbonyl (C=O) groups is 1. The molecular weight excluding hydrogens is 296 g/mol. The molecule has 0 atom stereocenters. The van der Waals surface area contributed by atoms with Crippen LogP contribution in [0.1, 0.15) is 25.3 Å². The smallest absolute Gasteiger partial charge is 0.363 e. The fraction of sp³-hybridized carbons (Fsp3) is 0.286. The highest BCUT2D eigenvalue weighted by atomic mass is 35.5. The van der Waals surface area contributed by atoms with Crippen molar-refractivity contribution < 1.29 is 14.5 Å². The Bertz CT molecular complexity index is 635. The Morgan fingerprint density at radius 2 is 2.24 bits per heavy atom. The summed E-state index contributed by atoms with van der Waals surface area (Å²) in [6.07, 6.45) is 4.08. The first-order valence-corrected chi connectivity index (χ1v) is 6.78. The average Bonchev–Trinajstić information content (AvgIpc) is 2.47.